The van der Waals surface area contributed by atoms with Crippen molar-refractivity contribution in [2.24, 2.45) is 11.7 Å². The number of rotatable bonds is 5. The fourth-order valence-electron chi connectivity index (χ4n) is 1.27. The van der Waals surface area contributed by atoms with E-state index in [4.69, 9.17) is 10.2 Å². The van der Waals surface area contributed by atoms with Crippen LogP contribution in [0.1, 0.15) is 41.0 Å². The summed E-state index contributed by atoms with van der Waals surface area (Å²) < 4.78 is 6.33. The first-order valence-corrected chi connectivity index (χ1v) is 9.06. The van der Waals surface area contributed by atoms with E-state index >= 15 is 0 Å². The predicted octanol–water partition coefficient (Wildman–Crippen LogP) is 3.90. The molecule has 0 fully saturated rings. The van der Waals surface area contributed by atoms with E-state index in [0.717, 1.165) is 6.42 Å². The highest BCUT2D eigenvalue weighted by Crippen LogP contribution is 2.38. The topological polar surface area (TPSA) is 35.2 Å². The van der Waals surface area contributed by atoms with Crippen molar-refractivity contribution in [3.05, 3.63) is 12.3 Å². The zero-order chi connectivity index (χ0) is 13.1. The molecule has 0 unspecified atom stereocenters. The third kappa shape index (κ3) is 3.94. The monoisotopic (exact) mass is 243 g/mol. The van der Waals surface area contributed by atoms with E-state index in [-0.39, 0.29) is 11.1 Å². The van der Waals surface area contributed by atoms with E-state index in [1.54, 1.807) is 0 Å². The molecule has 0 heterocycles. The Balaban J connectivity index is 4.83. The second kappa shape index (κ2) is 5.37. The molecule has 96 valence electrons. The molecule has 0 bridgehead atoms. The molecule has 0 saturated carbocycles. The summed E-state index contributed by atoms with van der Waals surface area (Å²) in [5.74, 6) is 0.437. The van der Waals surface area contributed by atoms with Crippen molar-refractivity contribution in [1.82, 2.24) is 0 Å². The highest BCUT2D eigenvalue weighted by Gasteiger charge is 2.40. The van der Waals surface area contributed by atoms with Gasteiger partial charge in [-0.25, -0.2) is 0 Å². The van der Waals surface area contributed by atoms with Crippen molar-refractivity contribution >= 4 is 8.32 Å². The van der Waals surface area contributed by atoms with Crippen LogP contribution in [0.2, 0.25) is 18.1 Å². The normalized spacial score (nSPS) is 16.9. The molecule has 0 saturated heterocycles. The van der Waals surface area contributed by atoms with Crippen molar-refractivity contribution in [1.29, 1.82) is 0 Å². The van der Waals surface area contributed by atoms with Gasteiger partial charge in [0.25, 0.3) is 0 Å². The van der Waals surface area contributed by atoms with Crippen LogP contribution in [0, 0.1) is 5.92 Å². The van der Waals surface area contributed by atoms with Crippen LogP contribution in [-0.2, 0) is 4.43 Å². The molecule has 16 heavy (non-hydrogen) atoms. The smallest absolute Gasteiger partial charge is 0.192 e. The lowest BCUT2D eigenvalue weighted by Crippen LogP contribution is -2.46. The first kappa shape index (κ1) is 15.7. The van der Waals surface area contributed by atoms with Gasteiger partial charge in [-0.1, -0.05) is 47.6 Å². The Bertz CT molecular complexity index is 243. The second-order valence-corrected chi connectivity index (χ2v) is 11.0. The minimum atomic E-state index is -1.75. The summed E-state index contributed by atoms with van der Waals surface area (Å²) in [6, 6.07) is 0. The molecule has 0 aromatic carbocycles. The fraction of sp³-hybridized carbons (Fsp3) is 0.846. The van der Waals surface area contributed by atoms with Crippen LogP contribution in [0.3, 0.4) is 0 Å². The fourth-order valence-corrected chi connectivity index (χ4v) is 2.64. The van der Waals surface area contributed by atoms with E-state index < -0.39 is 8.32 Å². The Kier molecular flexibility index (Phi) is 5.27. The van der Waals surface area contributed by atoms with E-state index in [9.17, 15) is 0 Å². The molecule has 0 aromatic rings. The van der Waals surface area contributed by atoms with Crippen LogP contribution in [0.5, 0.6) is 0 Å². The van der Waals surface area contributed by atoms with Crippen LogP contribution < -0.4 is 5.73 Å². The highest BCUT2D eigenvalue weighted by molar-refractivity contribution is 6.74. The molecule has 0 aromatic heterocycles. The predicted molar refractivity (Wildman–Crippen MR) is 74.9 cm³/mol. The summed E-state index contributed by atoms with van der Waals surface area (Å²) >= 11 is 0. The molecule has 0 aliphatic heterocycles. The molecule has 0 amide bonds. The Labute approximate surface area is 102 Å². The average molecular weight is 243 g/mol. The van der Waals surface area contributed by atoms with E-state index in [2.05, 4.69) is 54.3 Å². The molecule has 0 spiro atoms. The van der Waals surface area contributed by atoms with Gasteiger partial charge in [-0.05, 0) is 24.1 Å². The van der Waals surface area contributed by atoms with Crippen molar-refractivity contribution in [2.45, 2.75) is 65.3 Å². The third-order valence-electron chi connectivity index (χ3n) is 3.75. The van der Waals surface area contributed by atoms with E-state index in [1.165, 1.54) is 0 Å². The van der Waals surface area contributed by atoms with Gasteiger partial charge in [-0.15, -0.1) is 0 Å². The molecule has 0 radical (unpaired) electrons. The average Bonchev–Trinajstić information content (AvgIpc) is 2.10. The van der Waals surface area contributed by atoms with Crippen LogP contribution in [0.25, 0.3) is 0 Å². The van der Waals surface area contributed by atoms with Gasteiger partial charge in [0.15, 0.2) is 8.32 Å². The first-order chi connectivity index (χ1) is 7.03. The van der Waals surface area contributed by atoms with Gasteiger partial charge < -0.3 is 10.2 Å². The van der Waals surface area contributed by atoms with Gasteiger partial charge >= 0.3 is 0 Å². The van der Waals surface area contributed by atoms with E-state index in [1.807, 2.05) is 0 Å². The lowest BCUT2D eigenvalue weighted by molar-refractivity contribution is 0.154. The molecular weight excluding hydrogens is 214 g/mol. The molecule has 3 heteroatoms. The summed E-state index contributed by atoms with van der Waals surface area (Å²) in [6.07, 6.45) is 1.07. The Morgan fingerprint density at radius 1 is 1.38 bits per heavy atom. The zero-order valence-corrected chi connectivity index (χ0v) is 13.1. The van der Waals surface area contributed by atoms with Gasteiger partial charge in [0, 0.05) is 5.70 Å². The number of hydrogen-bond donors (Lipinski definition) is 1. The maximum Gasteiger partial charge on any atom is 0.192 e. The molecule has 2 nitrogen and oxygen atoms in total. The van der Waals surface area contributed by atoms with Crippen molar-refractivity contribution in [2.75, 3.05) is 0 Å². The number of nitrogens with two attached hydrogens (primary N) is 1. The molecule has 2 atom stereocenters. The largest absolute Gasteiger partial charge is 0.408 e. The van der Waals surface area contributed by atoms with Gasteiger partial charge in [-0.2, -0.15) is 0 Å². The minimum absolute atomic E-state index is 0.00546. The summed E-state index contributed by atoms with van der Waals surface area (Å²) in [6.45, 7) is 19.4. The standard InChI is InChI=1S/C13H29NOSi/c1-9-10(2)12(11(3)14)15-16(7,8)13(4,5)6/h10,12H,3,9,14H2,1-2,4-8H3/t10-,12-/m0/s1. The van der Waals surface area contributed by atoms with E-state index in [0.29, 0.717) is 11.6 Å². The third-order valence-corrected chi connectivity index (χ3v) is 8.21. The van der Waals surface area contributed by atoms with Crippen LogP contribution in [-0.4, -0.2) is 14.4 Å². The van der Waals surface area contributed by atoms with Crippen molar-refractivity contribution in [3.8, 4) is 0 Å². The van der Waals surface area contributed by atoms with Gasteiger partial charge in [0.2, 0.25) is 0 Å². The molecule has 2 N–H and O–H groups in total. The van der Waals surface area contributed by atoms with Gasteiger partial charge in [0.05, 0.1) is 6.10 Å². The second-order valence-electron chi connectivity index (χ2n) is 6.26. The zero-order valence-electron chi connectivity index (χ0n) is 12.1. The Morgan fingerprint density at radius 2 is 1.81 bits per heavy atom. The molecule has 0 aliphatic carbocycles. The van der Waals surface area contributed by atoms with Crippen molar-refractivity contribution in [3.63, 3.8) is 0 Å². The minimum Gasteiger partial charge on any atom is -0.408 e. The Morgan fingerprint density at radius 3 is 2.06 bits per heavy atom. The highest BCUT2D eigenvalue weighted by atomic mass is 28.4. The molecule has 0 rings (SSSR count). The maximum atomic E-state index is 6.33. The van der Waals surface area contributed by atoms with Crippen molar-refractivity contribution < 1.29 is 4.43 Å². The summed E-state index contributed by atoms with van der Waals surface area (Å²) in [7, 11) is -1.75. The number of hydrogen-bond acceptors (Lipinski definition) is 2. The molecule has 0 aliphatic rings. The van der Waals surface area contributed by atoms with Crippen LogP contribution in [0.15, 0.2) is 12.3 Å². The lowest BCUT2D eigenvalue weighted by Gasteiger charge is -2.40. The summed E-state index contributed by atoms with van der Waals surface area (Å²) in [4.78, 5) is 0. The van der Waals surface area contributed by atoms with Crippen LogP contribution in [0.4, 0.5) is 0 Å². The Hall–Kier alpha value is -0.283. The van der Waals surface area contributed by atoms with Crippen LogP contribution >= 0.6 is 0 Å². The van der Waals surface area contributed by atoms with Gasteiger partial charge in [0.1, 0.15) is 0 Å². The quantitative estimate of drug-likeness (QED) is 0.743. The molecular formula is C13H29NOSi. The summed E-state index contributed by atoms with van der Waals surface area (Å²) in [5.41, 5.74) is 6.53. The lowest BCUT2D eigenvalue weighted by atomic mass is 10.0. The van der Waals surface area contributed by atoms with Gasteiger partial charge in [-0.3, -0.25) is 0 Å². The summed E-state index contributed by atoms with van der Waals surface area (Å²) in [5, 5.41) is 0.216. The maximum absolute atomic E-state index is 6.33. The first-order valence-electron chi connectivity index (χ1n) is 6.15. The SMILES string of the molecule is C=C(N)[C@@H](O[Si](C)(C)C(C)(C)C)[C@@H](C)CC.